The number of rotatable bonds is 4. The van der Waals surface area contributed by atoms with Crippen molar-refractivity contribution < 1.29 is 13.2 Å². The quantitative estimate of drug-likeness (QED) is 0.862. The Bertz CT molecular complexity index is 736. The minimum atomic E-state index is -3.83. The second-order valence-electron chi connectivity index (χ2n) is 3.80. The number of halogens is 1. The van der Waals surface area contributed by atoms with Crippen LogP contribution in [-0.4, -0.2) is 30.5 Å². The predicted molar refractivity (Wildman–Crippen MR) is 73.4 cm³/mol. The predicted octanol–water partition coefficient (Wildman–Crippen LogP) is 1.64. The molecule has 106 valence electrons. The van der Waals surface area contributed by atoms with E-state index < -0.39 is 10.0 Å². The van der Waals surface area contributed by atoms with Crippen molar-refractivity contribution in [3.05, 3.63) is 35.2 Å². The van der Waals surface area contributed by atoms with E-state index in [9.17, 15) is 8.42 Å². The van der Waals surface area contributed by atoms with E-state index >= 15 is 0 Å². The zero-order valence-corrected chi connectivity index (χ0v) is 12.2. The van der Waals surface area contributed by atoms with Crippen molar-refractivity contribution in [1.29, 1.82) is 0 Å². The number of ether oxygens (including phenoxy) is 1. The lowest BCUT2D eigenvalue weighted by molar-refractivity contribution is 0.397. The molecular weight excluding hydrogens is 304 g/mol. The van der Waals surface area contributed by atoms with Gasteiger partial charge < -0.3 is 4.74 Å². The fourth-order valence-electron chi connectivity index (χ4n) is 1.42. The summed E-state index contributed by atoms with van der Waals surface area (Å²) in [6.45, 7) is 1.70. The van der Waals surface area contributed by atoms with E-state index in [0.717, 1.165) is 0 Å². The van der Waals surface area contributed by atoms with Crippen LogP contribution in [0, 0.1) is 6.92 Å². The summed E-state index contributed by atoms with van der Waals surface area (Å²) in [7, 11) is -2.40. The molecule has 0 spiro atoms. The topological polar surface area (TPSA) is 94.1 Å². The van der Waals surface area contributed by atoms with Crippen LogP contribution < -0.4 is 9.46 Å². The number of aryl methyl sites for hydroxylation is 1. The van der Waals surface area contributed by atoms with Crippen molar-refractivity contribution in [3.63, 3.8) is 0 Å². The molecule has 0 amide bonds. The number of hydrogen-bond donors (Lipinski definition) is 1. The summed E-state index contributed by atoms with van der Waals surface area (Å²) in [6, 6.07) is 4.14. The molecule has 2 aromatic rings. The Morgan fingerprint density at radius 3 is 2.70 bits per heavy atom. The summed E-state index contributed by atoms with van der Waals surface area (Å²) >= 11 is 5.67. The van der Waals surface area contributed by atoms with Crippen molar-refractivity contribution in [2.24, 2.45) is 0 Å². The van der Waals surface area contributed by atoms with Crippen molar-refractivity contribution in [2.45, 2.75) is 11.8 Å². The molecule has 0 fully saturated rings. The second kappa shape index (κ2) is 5.59. The smallest absolute Gasteiger partial charge is 0.264 e. The summed E-state index contributed by atoms with van der Waals surface area (Å²) in [4.78, 5) is 11.6. The molecule has 0 bridgehead atoms. The maximum absolute atomic E-state index is 12.1. The molecule has 0 aliphatic carbocycles. The Kier molecular flexibility index (Phi) is 4.05. The van der Waals surface area contributed by atoms with Gasteiger partial charge in [0.25, 0.3) is 10.0 Å². The standard InChI is InChI=1S/C11H11ClN4O3S/c1-7-5-10(19-2)15-11(14-7)16-20(17,18)8-3-4-13-9(12)6-8/h3-6H,1-2H3,(H,14,15,16). The van der Waals surface area contributed by atoms with Gasteiger partial charge in [-0.25, -0.2) is 23.1 Å². The first-order valence-corrected chi connectivity index (χ1v) is 7.31. The lowest BCUT2D eigenvalue weighted by Gasteiger charge is -2.08. The average molecular weight is 315 g/mol. The molecule has 9 heteroatoms. The molecule has 0 aliphatic rings. The minimum Gasteiger partial charge on any atom is -0.481 e. The number of aromatic nitrogens is 3. The van der Waals surface area contributed by atoms with E-state index in [4.69, 9.17) is 16.3 Å². The molecule has 2 aromatic heterocycles. The highest BCUT2D eigenvalue weighted by Crippen LogP contribution is 2.17. The third-order valence-corrected chi connectivity index (χ3v) is 3.81. The van der Waals surface area contributed by atoms with E-state index in [2.05, 4.69) is 19.7 Å². The Morgan fingerprint density at radius 1 is 1.30 bits per heavy atom. The van der Waals surface area contributed by atoms with Crippen LogP contribution in [0.15, 0.2) is 29.3 Å². The Hall–Kier alpha value is -1.93. The second-order valence-corrected chi connectivity index (χ2v) is 5.86. The highest BCUT2D eigenvalue weighted by atomic mass is 35.5. The molecule has 0 saturated carbocycles. The SMILES string of the molecule is COc1cc(C)nc(NS(=O)(=O)c2ccnc(Cl)c2)n1. The summed E-state index contributed by atoms with van der Waals surface area (Å²) in [5.41, 5.74) is 0.572. The number of sulfonamides is 1. The fraction of sp³-hybridized carbons (Fsp3) is 0.182. The molecule has 0 unspecified atom stereocenters. The van der Waals surface area contributed by atoms with Crippen LogP contribution in [0.5, 0.6) is 5.88 Å². The number of nitrogens with zero attached hydrogens (tertiary/aromatic N) is 3. The van der Waals surface area contributed by atoms with Gasteiger partial charge in [0.2, 0.25) is 11.8 Å². The monoisotopic (exact) mass is 314 g/mol. The van der Waals surface area contributed by atoms with E-state index in [1.807, 2.05) is 0 Å². The molecule has 7 nitrogen and oxygen atoms in total. The van der Waals surface area contributed by atoms with Crippen molar-refractivity contribution >= 4 is 27.6 Å². The summed E-state index contributed by atoms with van der Waals surface area (Å²) < 4.78 is 31.5. The van der Waals surface area contributed by atoms with Crippen LogP contribution >= 0.6 is 11.6 Å². The van der Waals surface area contributed by atoms with Gasteiger partial charge in [-0.05, 0) is 19.1 Å². The Balaban J connectivity index is 2.35. The van der Waals surface area contributed by atoms with Crippen molar-refractivity contribution in [3.8, 4) is 5.88 Å². The first-order valence-electron chi connectivity index (χ1n) is 5.45. The summed E-state index contributed by atoms with van der Waals surface area (Å²) in [5.74, 6) is 0.192. The van der Waals surface area contributed by atoms with Gasteiger partial charge in [-0.1, -0.05) is 11.6 Å². The number of nitrogens with one attached hydrogen (secondary N) is 1. The van der Waals surface area contributed by atoms with Gasteiger partial charge in [-0.3, -0.25) is 0 Å². The highest BCUT2D eigenvalue weighted by molar-refractivity contribution is 7.92. The average Bonchev–Trinajstić information content (AvgIpc) is 2.37. The van der Waals surface area contributed by atoms with Gasteiger partial charge in [0.15, 0.2) is 0 Å². The van der Waals surface area contributed by atoms with Gasteiger partial charge in [-0.15, -0.1) is 0 Å². The van der Waals surface area contributed by atoms with E-state index in [1.165, 1.54) is 25.4 Å². The van der Waals surface area contributed by atoms with Crippen LogP contribution in [0.25, 0.3) is 0 Å². The first kappa shape index (κ1) is 14.5. The van der Waals surface area contributed by atoms with Gasteiger partial charge in [0.1, 0.15) is 5.15 Å². The lowest BCUT2D eigenvalue weighted by Crippen LogP contribution is -2.15. The number of pyridine rings is 1. The molecule has 0 atom stereocenters. The van der Waals surface area contributed by atoms with E-state index in [1.54, 1.807) is 13.0 Å². The van der Waals surface area contributed by atoms with Crippen LogP contribution in [0.4, 0.5) is 5.95 Å². The van der Waals surface area contributed by atoms with Crippen LogP contribution in [0.1, 0.15) is 5.69 Å². The fourth-order valence-corrected chi connectivity index (χ4v) is 2.62. The van der Waals surface area contributed by atoms with Crippen LogP contribution in [-0.2, 0) is 10.0 Å². The minimum absolute atomic E-state index is 0.0263. The molecule has 1 N–H and O–H groups in total. The molecule has 2 rings (SSSR count). The zero-order chi connectivity index (χ0) is 14.8. The third-order valence-electron chi connectivity index (χ3n) is 2.27. The van der Waals surface area contributed by atoms with Gasteiger partial charge in [0, 0.05) is 18.0 Å². The summed E-state index contributed by atoms with van der Waals surface area (Å²) in [6.07, 6.45) is 1.30. The number of hydrogen-bond acceptors (Lipinski definition) is 6. The largest absolute Gasteiger partial charge is 0.481 e. The molecule has 0 aliphatic heterocycles. The van der Waals surface area contributed by atoms with Crippen LogP contribution in [0.2, 0.25) is 5.15 Å². The highest BCUT2D eigenvalue weighted by Gasteiger charge is 2.17. The van der Waals surface area contributed by atoms with Crippen molar-refractivity contribution in [2.75, 3.05) is 11.8 Å². The molecule has 2 heterocycles. The lowest BCUT2D eigenvalue weighted by atomic mass is 10.4. The van der Waals surface area contributed by atoms with Gasteiger partial charge in [0.05, 0.1) is 12.0 Å². The Labute approximate surface area is 121 Å². The molecule has 0 aromatic carbocycles. The number of methoxy groups -OCH3 is 1. The normalized spacial score (nSPS) is 11.2. The van der Waals surface area contributed by atoms with E-state index in [-0.39, 0.29) is 21.9 Å². The third kappa shape index (κ3) is 3.34. The molecule has 20 heavy (non-hydrogen) atoms. The van der Waals surface area contributed by atoms with Gasteiger partial charge >= 0.3 is 0 Å². The number of anilines is 1. The zero-order valence-electron chi connectivity index (χ0n) is 10.7. The summed E-state index contributed by atoms with van der Waals surface area (Å²) in [5, 5.41) is 0.0793. The van der Waals surface area contributed by atoms with Crippen molar-refractivity contribution in [1.82, 2.24) is 15.0 Å². The Morgan fingerprint density at radius 2 is 2.05 bits per heavy atom. The molecule has 0 saturated heterocycles. The molecular formula is C11H11ClN4O3S. The maximum Gasteiger partial charge on any atom is 0.264 e. The molecule has 0 radical (unpaired) electrons. The van der Waals surface area contributed by atoms with Gasteiger partial charge in [-0.2, -0.15) is 4.98 Å². The van der Waals surface area contributed by atoms with Crippen LogP contribution in [0.3, 0.4) is 0 Å². The first-order chi connectivity index (χ1) is 9.40. The maximum atomic E-state index is 12.1. The van der Waals surface area contributed by atoms with E-state index in [0.29, 0.717) is 5.69 Å².